The highest BCUT2D eigenvalue weighted by Gasteiger charge is 2.20. The Morgan fingerprint density at radius 2 is 1.77 bits per heavy atom. The van der Waals surface area contributed by atoms with E-state index < -0.39 is 10.1 Å². The SMILES string of the molecule is Cc1cc(OCc2cccc(C(=N)NO)c2)cc(OS(=O)(=O)c2ccccc2Cl)c1.Cl. The van der Waals surface area contributed by atoms with E-state index in [2.05, 4.69) is 0 Å². The van der Waals surface area contributed by atoms with Crippen molar-refractivity contribution in [3.8, 4) is 11.5 Å². The highest BCUT2D eigenvalue weighted by molar-refractivity contribution is 7.87. The lowest BCUT2D eigenvalue weighted by molar-refractivity contribution is 0.234. The van der Waals surface area contributed by atoms with Crippen molar-refractivity contribution < 1.29 is 22.5 Å². The monoisotopic (exact) mass is 482 g/mol. The Morgan fingerprint density at radius 1 is 1.06 bits per heavy atom. The Labute approximate surface area is 191 Å². The normalized spacial score (nSPS) is 10.7. The summed E-state index contributed by atoms with van der Waals surface area (Å²) in [5, 5.41) is 16.5. The van der Waals surface area contributed by atoms with Crippen LogP contribution in [0.15, 0.2) is 71.6 Å². The first kappa shape index (κ1) is 24.5. The lowest BCUT2D eigenvalue weighted by Gasteiger charge is -2.12. The molecule has 0 atom stereocenters. The van der Waals surface area contributed by atoms with Crippen molar-refractivity contribution in [1.29, 1.82) is 5.41 Å². The number of halogens is 2. The molecule has 0 fully saturated rings. The molecule has 0 aliphatic carbocycles. The van der Waals surface area contributed by atoms with Crippen LogP contribution in [-0.2, 0) is 16.7 Å². The standard InChI is InChI=1S/C21H19ClN2O5S.ClH/c1-14-9-17(28-13-15-5-4-6-16(11-15)21(23)24-25)12-18(10-14)29-30(26,27)20-8-3-2-7-19(20)22;/h2-12,25H,13H2,1H3,(H2,23,24);1H. The fraction of sp³-hybridized carbons (Fsp3) is 0.0952. The molecule has 0 aliphatic rings. The lowest BCUT2D eigenvalue weighted by Crippen LogP contribution is -2.18. The summed E-state index contributed by atoms with van der Waals surface area (Å²) in [5.74, 6) is 0.387. The number of hydrogen-bond acceptors (Lipinski definition) is 6. The van der Waals surface area contributed by atoms with Crippen molar-refractivity contribution in [1.82, 2.24) is 5.48 Å². The smallest absolute Gasteiger partial charge is 0.340 e. The third-order valence-corrected chi connectivity index (χ3v) is 5.82. The summed E-state index contributed by atoms with van der Waals surface area (Å²) < 4.78 is 36.1. The number of hydroxylamine groups is 1. The quantitative estimate of drug-likeness (QED) is 0.194. The van der Waals surface area contributed by atoms with Gasteiger partial charge in [0.15, 0.2) is 0 Å². The van der Waals surface area contributed by atoms with Gasteiger partial charge in [-0.15, -0.1) is 12.4 Å². The van der Waals surface area contributed by atoms with Gasteiger partial charge < -0.3 is 8.92 Å². The van der Waals surface area contributed by atoms with Gasteiger partial charge in [-0.3, -0.25) is 16.1 Å². The van der Waals surface area contributed by atoms with Gasteiger partial charge in [-0.1, -0.05) is 41.9 Å². The zero-order valence-electron chi connectivity index (χ0n) is 16.3. The highest BCUT2D eigenvalue weighted by Crippen LogP contribution is 2.28. The van der Waals surface area contributed by atoms with E-state index in [0.29, 0.717) is 11.3 Å². The second-order valence-electron chi connectivity index (χ2n) is 6.43. The van der Waals surface area contributed by atoms with Crippen LogP contribution in [0.5, 0.6) is 11.5 Å². The van der Waals surface area contributed by atoms with Gasteiger partial charge in [0, 0.05) is 11.6 Å². The average molecular weight is 483 g/mol. The van der Waals surface area contributed by atoms with Crippen LogP contribution in [0.2, 0.25) is 5.02 Å². The maximum Gasteiger partial charge on any atom is 0.340 e. The minimum Gasteiger partial charge on any atom is -0.489 e. The molecule has 0 unspecified atom stereocenters. The first-order valence-corrected chi connectivity index (χ1v) is 10.6. The summed E-state index contributed by atoms with van der Waals surface area (Å²) in [6.07, 6.45) is 0. The molecule has 0 aliphatic heterocycles. The topological polar surface area (TPSA) is 109 Å². The first-order valence-electron chi connectivity index (χ1n) is 8.80. The molecule has 0 radical (unpaired) electrons. The zero-order valence-corrected chi connectivity index (χ0v) is 18.7. The fourth-order valence-electron chi connectivity index (χ4n) is 2.71. The van der Waals surface area contributed by atoms with E-state index in [-0.39, 0.29) is 40.5 Å². The summed E-state index contributed by atoms with van der Waals surface area (Å²) in [6.45, 7) is 1.96. The van der Waals surface area contributed by atoms with Crippen LogP contribution in [0.1, 0.15) is 16.7 Å². The maximum atomic E-state index is 12.6. The summed E-state index contributed by atoms with van der Waals surface area (Å²) in [7, 11) is -4.10. The summed E-state index contributed by atoms with van der Waals surface area (Å²) in [4.78, 5) is -0.118. The molecule has 10 heteroatoms. The number of hydrogen-bond donors (Lipinski definition) is 3. The molecule has 3 N–H and O–H groups in total. The first-order chi connectivity index (χ1) is 14.3. The molecule has 0 bridgehead atoms. The lowest BCUT2D eigenvalue weighted by atomic mass is 10.1. The van der Waals surface area contributed by atoms with Crippen molar-refractivity contribution in [2.45, 2.75) is 18.4 Å². The number of ether oxygens (including phenoxy) is 1. The molecule has 0 spiro atoms. The molecule has 164 valence electrons. The van der Waals surface area contributed by atoms with Crippen molar-refractivity contribution in [3.05, 3.63) is 88.4 Å². The van der Waals surface area contributed by atoms with Gasteiger partial charge >= 0.3 is 10.1 Å². The summed E-state index contributed by atoms with van der Waals surface area (Å²) >= 11 is 5.98. The molecular weight excluding hydrogens is 463 g/mol. The predicted molar refractivity (Wildman–Crippen MR) is 120 cm³/mol. The number of rotatable bonds is 7. The van der Waals surface area contributed by atoms with E-state index in [1.165, 1.54) is 18.2 Å². The number of nitrogens with one attached hydrogen (secondary N) is 2. The van der Waals surface area contributed by atoms with Crippen LogP contribution >= 0.6 is 24.0 Å². The van der Waals surface area contributed by atoms with E-state index in [1.807, 2.05) is 6.07 Å². The molecule has 3 rings (SSSR count). The fourth-order valence-corrected chi connectivity index (χ4v) is 4.12. The van der Waals surface area contributed by atoms with Crippen LogP contribution in [0.25, 0.3) is 0 Å². The van der Waals surface area contributed by atoms with Gasteiger partial charge in [-0.2, -0.15) is 8.42 Å². The molecule has 0 heterocycles. The Bertz CT molecular complexity index is 1190. The molecule has 0 aromatic heterocycles. The summed E-state index contributed by atoms with van der Waals surface area (Å²) in [5.41, 5.74) is 3.80. The van der Waals surface area contributed by atoms with Gasteiger partial charge in [0.25, 0.3) is 0 Å². The molecular formula is C21H20Cl2N2O5S. The largest absolute Gasteiger partial charge is 0.489 e. The third-order valence-electron chi connectivity index (χ3n) is 4.07. The second-order valence-corrected chi connectivity index (χ2v) is 8.35. The van der Waals surface area contributed by atoms with Gasteiger partial charge in [-0.25, -0.2) is 0 Å². The molecule has 0 saturated carbocycles. The van der Waals surface area contributed by atoms with E-state index in [4.69, 9.17) is 31.1 Å². The number of benzene rings is 3. The molecule has 7 nitrogen and oxygen atoms in total. The van der Waals surface area contributed by atoms with E-state index >= 15 is 0 Å². The Hall–Kier alpha value is -2.78. The molecule has 3 aromatic carbocycles. The number of aryl methyl sites for hydroxylation is 1. The van der Waals surface area contributed by atoms with Crippen LogP contribution in [0, 0.1) is 12.3 Å². The molecule has 0 amide bonds. The summed E-state index contributed by atoms with van der Waals surface area (Å²) in [6, 6.07) is 17.8. The second kappa shape index (κ2) is 10.5. The van der Waals surface area contributed by atoms with E-state index in [0.717, 1.165) is 11.1 Å². The minimum atomic E-state index is -4.10. The van der Waals surface area contributed by atoms with Crippen LogP contribution in [0.3, 0.4) is 0 Å². The zero-order chi connectivity index (χ0) is 21.7. The third kappa shape index (κ3) is 6.35. The molecule has 0 saturated heterocycles. The highest BCUT2D eigenvalue weighted by atomic mass is 35.5. The predicted octanol–water partition coefficient (Wildman–Crippen LogP) is 4.72. The minimum absolute atomic E-state index is 0. The number of amidine groups is 1. The van der Waals surface area contributed by atoms with Gasteiger partial charge in [0.1, 0.15) is 28.8 Å². The van der Waals surface area contributed by atoms with Gasteiger partial charge in [-0.05, 0) is 48.4 Å². The van der Waals surface area contributed by atoms with Crippen molar-refractivity contribution >= 4 is 40.0 Å². The van der Waals surface area contributed by atoms with Gasteiger partial charge in [0.05, 0.1) is 5.02 Å². The van der Waals surface area contributed by atoms with Gasteiger partial charge in [0.2, 0.25) is 0 Å². The average Bonchev–Trinajstić information content (AvgIpc) is 2.71. The van der Waals surface area contributed by atoms with Crippen LogP contribution in [0.4, 0.5) is 0 Å². The Balaban J connectivity index is 0.00000341. The van der Waals surface area contributed by atoms with E-state index in [1.54, 1.807) is 54.9 Å². The van der Waals surface area contributed by atoms with Crippen molar-refractivity contribution in [2.24, 2.45) is 0 Å². The molecule has 3 aromatic rings. The maximum absolute atomic E-state index is 12.6. The van der Waals surface area contributed by atoms with Crippen LogP contribution < -0.4 is 14.4 Å². The van der Waals surface area contributed by atoms with Crippen molar-refractivity contribution in [2.75, 3.05) is 0 Å². The Morgan fingerprint density at radius 3 is 2.48 bits per heavy atom. The van der Waals surface area contributed by atoms with Crippen LogP contribution in [-0.4, -0.2) is 19.5 Å². The van der Waals surface area contributed by atoms with E-state index in [9.17, 15) is 8.42 Å². The molecule has 31 heavy (non-hydrogen) atoms. The Kier molecular flexibility index (Phi) is 8.29. The van der Waals surface area contributed by atoms with Crippen molar-refractivity contribution in [3.63, 3.8) is 0 Å².